The third-order valence-electron chi connectivity index (χ3n) is 7.18. The highest BCUT2D eigenvalue weighted by atomic mass is 32.2. The molecule has 5 rings (SSSR count). The predicted octanol–water partition coefficient (Wildman–Crippen LogP) is 2.31. The highest BCUT2D eigenvalue weighted by Gasteiger charge is 2.30. The molecule has 1 saturated heterocycles. The smallest absolute Gasteiger partial charge is 0.276 e. The Morgan fingerprint density at radius 3 is 2.67 bits per heavy atom. The van der Waals surface area contributed by atoms with Gasteiger partial charge in [0.05, 0.1) is 40.9 Å². The summed E-state index contributed by atoms with van der Waals surface area (Å²) >= 11 is 0. The summed E-state index contributed by atoms with van der Waals surface area (Å²) in [6, 6.07) is 9.37. The number of piperidine rings is 1. The number of anilines is 2. The number of nitrogens with zero attached hydrogens (tertiary/aromatic N) is 2. The van der Waals surface area contributed by atoms with Gasteiger partial charge in [0.1, 0.15) is 35.5 Å². The van der Waals surface area contributed by atoms with Gasteiger partial charge < -0.3 is 24.8 Å². The van der Waals surface area contributed by atoms with Gasteiger partial charge in [-0.15, -0.1) is 0 Å². The van der Waals surface area contributed by atoms with Gasteiger partial charge in [-0.25, -0.2) is 26.3 Å². The Labute approximate surface area is 255 Å². The normalized spacial score (nSPS) is 20.3. The Morgan fingerprint density at radius 2 is 1.98 bits per heavy atom. The standard InChI is InChI=1S/C27H28B3F3N5O3PS/c1-37-9-7-21(19(31)14-37)36-20-5-2-6-23-18(20)11-17(38(23)15-26(32,33)42)4-3-8-34-22-10-16-13-35-43(39,40)25(16)12-24(22)41-27(28,29)30/h2,5-6,10-12,19,21,34-36H,7-9,13-15,42H2,1H3/t19-,21+/m0/s1. The van der Waals surface area contributed by atoms with Gasteiger partial charge in [-0.1, -0.05) is 21.2 Å². The summed E-state index contributed by atoms with van der Waals surface area (Å²) < 4.78 is 77.0. The molecule has 220 valence electrons. The lowest BCUT2D eigenvalue weighted by Gasteiger charge is -2.33. The summed E-state index contributed by atoms with van der Waals surface area (Å²) in [5, 5.41) is 4.87. The number of hydrogen-bond donors (Lipinski definition) is 3. The maximum Gasteiger partial charge on any atom is 0.276 e. The van der Waals surface area contributed by atoms with Gasteiger partial charge in [0.15, 0.2) is 0 Å². The van der Waals surface area contributed by atoms with Crippen molar-refractivity contribution in [1.29, 1.82) is 0 Å². The number of sulfonamides is 1. The highest BCUT2D eigenvalue weighted by molar-refractivity contribution is 7.89. The molecule has 43 heavy (non-hydrogen) atoms. The van der Waals surface area contributed by atoms with Gasteiger partial charge in [-0.05, 0) is 54.5 Å². The van der Waals surface area contributed by atoms with E-state index in [9.17, 15) is 21.6 Å². The van der Waals surface area contributed by atoms with Crippen molar-refractivity contribution < 1.29 is 26.3 Å². The van der Waals surface area contributed by atoms with Crippen LogP contribution in [0.3, 0.4) is 0 Å². The van der Waals surface area contributed by atoms with Gasteiger partial charge in [0, 0.05) is 36.8 Å². The molecule has 0 aliphatic carbocycles. The van der Waals surface area contributed by atoms with Crippen molar-refractivity contribution in [3.63, 3.8) is 0 Å². The fourth-order valence-corrected chi connectivity index (χ4v) is 6.67. The van der Waals surface area contributed by atoms with E-state index in [0.29, 0.717) is 46.5 Å². The molecule has 0 bridgehead atoms. The van der Waals surface area contributed by atoms with Crippen molar-refractivity contribution in [2.24, 2.45) is 0 Å². The van der Waals surface area contributed by atoms with Crippen LogP contribution < -0.4 is 20.1 Å². The van der Waals surface area contributed by atoms with Gasteiger partial charge >= 0.3 is 0 Å². The number of hydrogen-bond acceptors (Lipinski definition) is 6. The maximum atomic E-state index is 14.8. The number of ether oxygens (including phenoxy) is 1. The Kier molecular flexibility index (Phi) is 8.80. The Balaban J connectivity index is 1.43. The first kappa shape index (κ1) is 31.6. The molecule has 3 heterocycles. The van der Waals surface area contributed by atoms with Gasteiger partial charge in [-0.2, -0.15) is 0 Å². The van der Waals surface area contributed by atoms with Crippen LogP contribution in [0.5, 0.6) is 5.75 Å². The number of benzene rings is 2. The van der Waals surface area contributed by atoms with Gasteiger partial charge in [0.2, 0.25) is 10.0 Å². The molecule has 3 atom stereocenters. The summed E-state index contributed by atoms with van der Waals surface area (Å²) in [5.74, 6) is 5.87. The molecule has 2 aliphatic heterocycles. The molecule has 1 unspecified atom stereocenters. The Hall–Kier alpha value is -2.78. The van der Waals surface area contributed by atoms with E-state index in [2.05, 4.69) is 27.2 Å². The van der Waals surface area contributed by atoms with Crippen LogP contribution in [0, 0.1) is 11.8 Å². The number of fused-ring (bicyclic) bond motifs is 2. The lowest BCUT2D eigenvalue weighted by atomic mass is 9.52. The molecule has 8 nitrogen and oxygen atoms in total. The SMILES string of the molecule is [B]C([B])([B])Oc1cc2c(cc1NCC#Cc1cc3c(N[C@@H]4CCN(C)C[C@@H]4F)cccc3n1CC(F)(F)P)CNS2(=O)=O. The quantitative estimate of drug-likeness (QED) is 0.203. The monoisotopic (exact) mass is 623 g/mol. The first-order chi connectivity index (χ1) is 20.1. The lowest BCUT2D eigenvalue weighted by molar-refractivity contribution is 0.0851. The molecule has 16 heteroatoms. The van der Waals surface area contributed by atoms with E-state index >= 15 is 0 Å². The number of aromatic nitrogens is 1. The number of likely N-dealkylation sites (tertiary alicyclic amines) is 1. The molecular formula is C27H28B3F3N5O3PS. The maximum absolute atomic E-state index is 14.8. The van der Waals surface area contributed by atoms with Crippen LogP contribution in [-0.2, 0) is 23.1 Å². The zero-order chi connectivity index (χ0) is 31.2. The first-order valence-electron chi connectivity index (χ1n) is 13.4. The fourth-order valence-electron chi connectivity index (χ4n) is 5.25. The van der Waals surface area contributed by atoms with Crippen molar-refractivity contribution in [1.82, 2.24) is 14.2 Å². The van der Waals surface area contributed by atoms with Crippen molar-refractivity contribution in [3.05, 3.63) is 47.7 Å². The van der Waals surface area contributed by atoms with E-state index in [1.165, 1.54) is 10.6 Å². The zero-order valence-corrected chi connectivity index (χ0v) is 25.3. The minimum atomic E-state index is -3.71. The second-order valence-corrected chi connectivity index (χ2v) is 13.4. The van der Waals surface area contributed by atoms with E-state index in [-0.39, 0.29) is 23.7 Å². The molecule has 3 N–H and O–H groups in total. The van der Waals surface area contributed by atoms with Crippen molar-refractivity contribution in [2.75, 3.05) is 37.3 Å². The molecule has 0 amide bonds. The van der Waals surface area contributed by atoms with Crippen LogP contribution in [-0.4, -0.2) is 91.3 Å². The molecule has 2 aliphatic rings. The van der Waals surface area contributed by atoms with Gasteiger partial charge in [0.25, 0.3) is 5.66 Å². The number of alkyl halides is 3. The van der Waals surface area contributed by atoms with E-state index in [1.54, 1.807) is 39.6 Å². The second-order valence-electron chi connectivity index (χ2n) is 10.8. The minimum Gasteiger partial charge on any atom is -0.514 e. The first-order valence-corrected chi connectivity index (χ1v) is 15.5. The third kappa shape index (κ3) is 7.48. The molecule has 6 radical (unpaired) electrons. The molecular weight excluding hydrogens is 595 g/mol. The van der Waals surface area contributed by atoms with Crippen LogP contribution >= 0.6 is 9.24 Å². The molecule has 1 fully saturated rings. The van der Waals surface area contributed by atoms with E-state index in [1.807, 2.05) is 11.9 Å². The van der Waals surface area contributed by atoms with Crippen LogP contribution in [0.1, 0.15) is 17.7 Å². The summed E-state index contributed by atoms with van der Waals surface area (Å²) in [6.07, 6.45) is -0.475. The largest absolute Gasteiger partial charge is 0.514 e. The Bertz CT molecular complexity index is 1700. The van der Waals surface area contributed by atoms with Crippen molar-refractivity contribution >= 4 is 65.1 Å². The number of halogens is 3. The predicted molar refractivity (Wildman–Crippen MR) is 167 cm³/mol. The van der Waals surface area contributed by atoms with E-state index in [4.69, 9.17) is 28.3 Å². The summed E-state index contributed by atoms with van der Waals surface area (Å²) in [7, 11) is 16.5. The lowest BCUT2D eigenvalue weighted by Crippen LogP contribution is -2.46. The second kappa shape index (κ2) is 12.0. The Morgan fingerprint density at radius 1 is 1.21 bits per heavy atom. The van der Waals surface area contributed by atoms with E-state index in [0.717, 1.165) is 6.54 Å². The summed E-state index contributed by atoms with van der Waals surface area (Å²) in [5.41, 5.74) is -0.784. The minimum absolute atomic E-state index is 0.00659. The fraction of sp³-hybridized carbons (Fsp3) is 0.407. The molecule has 2 aromatic carbocycles. The summed E-state index contributed by atoms with van der Waals surface area (Å²) in [6.45, 7) is 0.509. The zero-order valence-electron chi connectivity index (χ0n) is 23.3. The molecule has 0 spiro atoms. The number of nitrogens with one attached hydrogen (secondary N) is 3. The van der Waals surface area contributed by atoms with Crippen LogP contribution in [0.2, 0.25) is 0 Å². The van der Waals surface area contributed by atoms with Gasteiger partial charge in [-0.3, -0.25) is 0 Å². The topological polar surface area (TPSA) is 87.6 Å². The van der Waals surface area contributed by atoms with Crippen molar-refractivity contribution in [2.45, 2.75) is 47.6 Å². The third-order valence-corrected chi connectivity index (χ3v) is 8.84. The van der Waals surface area contributed by atoms with E-state index < -0.39 is 39.7 Å². The van der Waals surface area contributed by atoms with Crippen molar-refractivity contribution in [3.8, 4) is 17.6 Å². The van der Waals surface area contributed by atoms with Crippen LogP contribution in [0.4, 0.5) is 24.5 Å². The van der Waals surface area contributed by atoms with Crippen LogP contribution in [0.25, 0.3) is 10.9 Å². The average molecular weight is 623 g/mol. The molecule has 1 aromatic heterocycles. The average Bonchev–Trinajstić information content (AvgIpc) is 3.38. The summed E-state index contributed by atoms with van der Waals surface area (Å²) in [4.78, 5) is 1.94. The van der Waals surface area contributed by atoms with Crippen LogP contribution in [0.15, 0.2) is 41.3 Å². The number of rotatable bonds is 8. The molecule has 3 aromatic rings. The molecule has 0 saturated carbocycles. The highest BCUT2D eigenvalue weighted by Crippen LogP contribution is 2.35.